The Morgan fingerprint density at radius 1 is 1.12 bits per heavy atom. The number of likely N-dealkylation sites (N-methyl/N-ethyl adjacent to an activating group) is 1. The maximum atomic E-state index is 13.2. The molecular weight excluding hydrogens is 364 g/mol. The molecule has 4 N–H and O–H groups in total. The first kappa shape index (κ1) is 21.0. The van der Waals surface area contributed by atoms with E-state index >= 15 is 0 Å². The summed E-state index contributed by atoms with van der Waals surface area (Å²) in [4.78, 5) is 11.6. The average molecular weight is 383 g/mol. The van der Waals surface area contributed by atoms with Gasteiger partial charge in [0.05, 0.1) is 11.3 Å². The van der Waals surface area contributed by atoms with Crippen molar-refractivity contribution in [2.24, 2.45) is 21.5 Å². The van der Waals surface area contributed by atoms with Crippen molar-refractivity contribution < 1.29 is 17.6 Å². The van der Waals surface area contributed by atoms with Crippen molar-refractivity contribution in [3.8, 4) is 0 Å². The van der Waals surface area contributed by atoms with E-state index in [0.29, 0.717) is 25.2 Å². The van der Waals surface area contributed by atoms with Gasteiger partial charge in [-0.1, -0.05) is 0 Å². The second-order valence-electron chi connectivity index (χ2n) is 5.39. The van der Waals surface area contributed by atoms with Gasteiger partial charge in [0.15, 0.2) is 5.96 Å². The van der Waals surface area contributed by atoms with Crippen LogP contribution in [0.5, 0.6) is 0 Å². The fraction of sp³-hybridized carbons (Fsp3) is 0.429. The Kier molecular flexibility index (Phi) is 7.00. The number of nitrogens with two attached hydrogens (primary N) is 2. The first-order chi connectivity index (χ1) is 11.2. The van der Waals surface area contributed by atoms with Crippen LogP contribution in [0.3, 0.4) is 0 Å². The lowest BCUT2D eigenvalue weighted by molar-refractivity contribution is -0.139. The minimum absolute atomic E-state index is 0. The van der Waals surface area contributed by atoms with E-state index in [1.807, 2.05) is 7.05 Å². The van der Waals surface area contributed by atoms with Gasteiger partial charge in [-0.3, -0.25) is 0 Å². The number of aliphatic imine (C=N–C) groups is 2. The van der Waals surface area contributed by atoms with E-state index in [0.717, 1.165) is 19.2 Å². The third-order valence-corrected chi connectivity index (χ3v) is 3.56. The SMILES string of the molecule is CN1CCN(C(N)=NC(N)=Nc2ccc(F)c(C(F)(F)F)c2)CC1.Cl. The molecule has 0 bridgehead atoms. The Labute approximate surface area is 148 Å². The van der Waals surface area contributed by atoms with Gasteiger partial charge in [0.2, 0.25) is 5.96 Å². The lowest BCUT2D eigenvalue weighted by Gasteiger charge is -2.32. The number of rotatable bonds is 1. The Morgan fingerprint density at radius 2 is 1.72 bits per heavy atom. The van der Waals surface area contributed by atoms with Crippen LogP contribution in [0.25, 0.3) is 0 Å². The molecule has 1 fully saturated rings. The summed E-state index contributed by atoms with van der Waals surface area (Å²) in [6, 6.07) is 2.34. The Morgan fingerprint density at radius 3 is 2.28 bits per heavy atom. The molecule has 2 rings (SSSR count). The number of guanidine groups is 2. The van der Waals surface area contributed by atoms with Crippen molar-refractivity contribution in [3.63, 3.8) is 0 Å². The fourth-order valence-corrected chi connectivity index (χ4v) is 2.18. The molecule has 1 aromatic carbocycles. The van der Waals surface area contributed by atoms with Gasteiger partial charge in [-0.15, -0.1) is 12.4 Å². The van der Waals surface area contributed by atoms with Crippen LogP contribution in [-0.4, -0.2) is 54.9 Å². The van der Waals surface area contributed by atoms with Crippen molar-refractivity contribution in [1.29, 1.82) is 0 Å². The van der Waals surface area contributed by atoms with E-state index < -0.39 is 17.6 Å². The van der Waals surface area contributed by atoms with Gasteiger partial charge < -0.3 is 21.3 Å². The van der Waals surface area contributed by atoms with Gasteiger partial charge in [0.1, 0.15) is 5.82 Å². The minimum atomic E-state index is -4.81. The maximum Gasteiger partial charge on any atom is 0.419 e. The van der Waals surface area contributed by atoms with Crippen LogP contribution >= 0.6 is 12.4 Å². The number of halogens is 5. The molecule has 1 aliphatic heterocycles. The summed E-state index contributed by atoms with van der Waals surface area (Å²) < 4.78 is 51.2. The average Bonchev–Trinajstić information content (AvgIpc) is 2.48. The highest BCUT2D eigenvalue weighted by Gasteiger charge is 2.34. The van der Waals surface area contributed by atoms with E-state index in [1.54, 1.807) is 4.90 Å². The lowest BCUT2D eigenvalue weighted by Crippen LogP contribution is -2.50. The predicted octanol–water partition coefficient (Wildman–Crippen LogP) is 1.77. The van der Waals surface area contributed by atoms with Crippen LogP contribution in [0.4, 0.5) is 23.2 Å². The normalized spacial score (nSPS) is 17.4. The summed E-state index contributed by atoms with van der Waals surface area (Å²) in [6.45, 7) is 2.93. The van der Waals surface area contributed by atoms with Crippen molar-refractivity contribution >= 4 is 30.0 Å². The molecule has 0 atom stereocenters. The van der Waals surface area contributed by atoms with Crippen LogP contribution in [0.2, 0.25) is 0 Å². The summed E-state index contributed by atoms with van der Waals surface area (Å²) in [5, 5.41) is 0. The molecule has 1 heterocycles. The third kappa shape index (κ3) is 5.75. The molecule has 1 aliphatic rings. The molecule has 0 amide bonds. The molecular formula is C14H19ClF4N6. The molecule has 0 aromatic heterocycles. The zero-order valence-electron chi connectivity index (χ0n) is 13.4. The minimum Gasteiger partial charge on any atom is -0.369 e. The Hall–Kier alpha value is -2.07. The smallest absolute Gasteiger partial charge is 0.369 e. The van der Waals surface area contributed by atoms with Crippen LogP contribution in [-0.2, 0) is 6.18 Å². The Balaban J connectivity index is 0.00000312. The van der Waals surface area contributed by atoms with Crippen LogP contribution in [0, 0.1) is 5.82 Å². The number of nitrogens with zero attached hydrogens (tertiary/aromatic N) is 4. The maximum absolute atomic E-state index is 13.2. The van der Waals surface area contributed by atoms with Crippen molar-refractivity contribution in [1.82, 2.24) is 9.80 Å². The molecule has 0 aliphatic carbocycles. The molecule has 11 heteroatoms. The first-order valence-electron chi connectivity index (χ1n) is 7.15. The monoisotopic (exact) mass is 382 g/mol. The van der Waals surface area contributed by atoms with Crippen LogP contribution < -0.4 is 11.5 Å². The van der Waals surface area contributed by atoms with Gasteiger partial charge in [-0.2, -0.15) is 18.2 Å². The topological polar surface area (TPSA) is 83.2 Å². The number of alkyl halides is 3. The standard InChI is InChI=1S/C14H18F4N6.ClH/c1-23-4-6-24(7-5-23)13(20)22-12(19)21-9-2-3-11(15)10(8-9)14(16,17)18;/h2-3,8H,4-7H2,1H3,(H4,19,20,21,22);1H. The summed E-state index contributed by atoms with van der Waals surface area (Å²) in [5.74, 6) is -1.53. The molecule has 140 valence electrons. The predicted molar refractivity (Wildman–Crippen MR) is 90.6 cm³/mol. The van der Waals surface area contributed by atoms with Crippen molar-refractivity contribution in [2.75, 3.05) is 33.2 Å². The molecule has 0 spiro atoms. The zero-order chi connectivity index (χ0) is 17.9. The van der Waals surface area contributed by atoms with Crippen molar-refractivity contribution in [3.05, 3.63) is 29.6 Å². The number of hydrogen-bond acceptors (Lipinski definition) is 2. The molecule has 25 heavy (non-hydrogen) atoms. The first-order valence-corrected chi connectivity index (χ1v) is 7.15. The largest absolute Gasteiger partial charge is 0.419 e. The van der Waals surface area contributed by atoms with E-state index in [4.69, 9.17) is 11.5 Å². The highest BCUT2D eigenvalue weighted by atomic mass is 35.5. The van der Waals surface area contributed by atoms with Crippen molar-refractivity contribution in [2.45, 2.75) is 6.18 Å². The van der Waals surface area contributed by atoms with E-state index in [-0.39, 0.29) is 30.0 Å². The Bertz CT molecular complexity index is 653. The summed E-state index contributed by atoms with van der Waals surface area (Å²) >= 11 is 0. The lowest BCUT2D eigenvalue weighted by atomic mass is 10.2. The molecule has 1 aromatic rings. The molecule has 6 nitrogen and oxygen atoms in total. The second kappa shape index (κ2) is 8.34. The third-order valence-electron chi connectivity index (χ3n) is 3.56. The number of benzene rings is 1. The van der Waals surface area contributed by atoms with E-state index in [1.165, 1.54) is 0 Å². The number of hydrogen-bond donors (Lipinski definition) is 2. The van der Waals surface area contributed by atoms with E-state index in [9.17, 15) is 17.6 Å². The zero-order valence-corrected chi connectivity index (χ0v) is 14.2. The van der Waals surface area contributed by atoms with Gasteiger partial charge in [0.25, 0.3) is 0 Å². The van der Waals surface area contributed by atoms with Gasteiger partial charge in [-0.05, 0) is 25.2 Å². The quantitative estimate of drug-likeness (QED) is 0.440. The van der Waals surface area contributed by atoms with Crippen LogP contribution in [0.1, 0.15) is 5.56 Å². The molecule has 0 unspecified atom stereocenters. The highest BCUT2D eigenvalue weighted by molar-refractivity contribution is 5.94. The molecule has 0 radical (unpaired) electrons. The van der Waals surface area contributed by atoms with E-state index in [2.05, 4.69) is 14.9 Å². The summed E-state index contributed by atoms with van der Waals surface area (Å²) in [7, 11) is 1.98. The highest BCUT2D eigenvalue weighted by Crippen LogP contribution is 2.33. The molecule has 0 saturated carbocycles. The number of piperazine rings is 1. The van der Waals surface area contributed by atoms with Gasteiger partial charge in [0, 0.05) is 26.2 Å². The summed E-state index contributed by atoms with van der Waals surface area (Å²) in [6.07, 6.45) is -4.81. The summed E-state index contributed by atoms with van der Waals surface area (Å²) in [5.41, 5.74) is 9.87. The van der Waals surface area contributed by atoms with Gasteiger partial charge in [-0.25, -0.2) is 9.38 Å². The van der Waals surface area contributed by atoms with Crippen LogP contribution in [0.15, 0.2) is 28.2 Å². The fourth-order valence-electron chi connectivity index (χ4n) is 2.18. The second-order valence-corrected chi connectivity index (χ2v) is 5.39. The molecule has 1 saturated heterocycles. The van der Waals surface area contributed by atoms with Gasteiger partial charge >= 0.3 is 6.18 Å².